The molecular formula is C18H14FNO4S. The first kappa shape index (κ1) is 16.9. The van der Waals surface area contributed by atoms with Gasteiger partial charge in [0, 0.05) is 0 Å². The summed E-state index contributed by atoms with van der Waals surface area (Å²) in [5.41, 5.74) is 0.209. The van der Waals surface area contributed by atoms with Crippen LogP contribution in [0.2, 0.25) is 0 Å². The Labute approximate surface area is 144 Å². The lowest BCUT2D eigenvalue weighted by molar-refractivity contribution is 0.0604. The molecule has 0 amide bonds. The second kappa shape index (κ2) is 6.52. The molecule has 25 heavy (non-hydrogen) atoms. The number of halogens is 1. The van der Waals surface area contributed by atoms with Crippen molar-refractivity contribution < 1.29 is 22.3 Å². The van der Waals surface area contributed by atoms with Crippen molar-refractivity contribution >= 4 is 32.5 Å². The molecule has 0 radical (unpaired) electrons. The van der Waals surface area contributed by atoms with E-state index >= 15 is 0 Å². The Morgan fingerprint density at radius 2 is 1.68 bits per heavy atom. The van der Waals surface area contributed by atoms with Gasteiger partial charge in [-0.15, -0.1) is 0 Å². The van der Waals surface area contributed by atoms with Crippen molar-refractivity contribution in [2.24, 2.45) is 0 Å². The third kappa shape index (κ3) is 3.32. The number of hydrogen-bond acceptors (Lipinski definition) is 4. The van der Waals surface area contributed by atoms with Gasteiger partial charge in [-0.3, -0.25) is 4.72 Å². The maximum absolute atomic E-state index is 13.0. The van der Waals surface area contributed by atoms with Crippen molar-refractivity contribution in [1.29, 1.82) is 0 Å². The molecule has 0 aliphatic carbocycles. The van der Waals surface area contributed by atoms with Crippen molar-refractivity contribution in [3.63, 3.8) is 0 Å². The van der Waals surface area contributed by atoms with Crippen molar-refractivity contribution in [3.8, 4) is 0 Å². The average Bonchev–Trinajstić information content (AvgIpc) is 2.61. The van der Waals surface area contributed by atoms with Crippen LogP contribution in [-0.4, -0.2) is 21.5 Å². The molecule has 7 heteroatoms. The Bertz CT molecular complexity index is 1050. The monoisotopic (exact) mass is 359 g/mol. The van der Waals surface area contributed by atoms with Crippen LogP contribution >= 0.6 is 0 Å². The highest BCUT2D eigenvalue weighted by molar-refractivity contribution is 7.92. The lowest BCUT2D eigenvalue weighted by atomic mass is 10.0. The SMILES string of the molecule is COC(=O)c1c(NS(=O)(=O)c2ccc(F)cc2)ccc2ccccc12. The van der Waals surface area contributed by atoms with E-state index in [0.717, 1.165) is 29.7 Å². The van der Waals surface area contributed by atoms with E-state index in [1.54, 1.807) is 24.3 Å². The predicted octanol–water partition coefficient (Wildman–Crippen LogP) is 3.57. The highest BCUT2D eigenvalue weighted by Gasteiger charge is 2.21. The molecular weight excluding hydrogens is 345 g/mol. The molecule has 0 bridgehead atoms. The van der Waals surface area contributed by atoms with E-state index in [2.05, 4.69) is 4.72 Å². The van der Waals surface area contributed by atoms with Crippen molar-refractivity contribution in [1.82, 2.24) is 0 Å². The minimum Gasteiger partial charge on any atom is -0.465 e. The van der Waals surface area contributed by atoms with E-state index in [0.29, 0.717) is 5.39 Å². The van der Waals surface area contributed by atoms with Gasteiger partial charge >= 0.3 is 5.97 Å². The van der Waals surface area contributed by atoms with Crippen LogP contribution in [0.3, 0.4) is 0 Å². The van der Waals surface area contributed by atoms with Crippen molar-refractivity contribution in [3.05, 3.63) is 72.0 Å². The number of sulfonamides is 1. The summed E-state index contributed by atoms with van der Waals surface area (Å²) in [6.07, 6.45) is 0. The van der Waals surface area contributed by atoms with Crippen LogP contribution in [0.4, 0.5) is 10.1 Å². The number of rotatable bonds is 4. The number of hydrogen-bond donors (Lipinski definition) is 1. The third-order valence-electron chi connectivity index (χ3n) is 3.69. The van der Waals surface area contributed by atoms with Crippen LogP contribution in [-0.2, 0) is 14.8 Å². The van der Waals surface area contributed by atoms with Crippen molar-refractivity contribution in [2.45, 2.75) is 4.90 Å². The van der Waals surface area contributed by atoms with E-state index in [1.807, 2.05) is 6.07 Å². The lowest BCUT2D eigenvalue weighted by Gasteiger charge is -2.14. The molecule has 1 N–H and O–H groups in total. The van der Waals surface area contributed by atoms with Gasteiger partial charge in [-0.25, -0.2) is 17.6 Å². The lowest BCUT2D eigenvalue weighted by Crippen LogP contribution is -2.16. The summed E-state index contributed by atoms with van der Waals surface area (Å²) in [7, 11) is -2.76. The predicted molar refractivity (Wildman–Crippen MR) is 92.5 cm³/mol. The topological polar surface area (TPSA) is 72.5 Å². The molecule has 3 aromatic rings. The number of ether oxygens (including phenoxy) is 1. The number of carbonyl (C=O) groups is 1. The molecule has 128 valence electrons. The van der Waals surface area contributed by atoms with Gasteiger partial charge in [0.05, 0.1) is 23.3 Å². The number of anilines is 1. The van der Waals surface area contributed by atoms with Crippen LogP contribution in [0.15, 0.2) is 65.6 Å². The van der Waals surface area contributed by atoms with E-state index < -0.39 is 21.8 Å². The van der Waals surface area contributed by atoms with Crippen LogP contribution in [0, 0.1) is 5.82 Å². The highest BCUT2D eigenvalue weighted by atomic mass is 32.2. The first-order chi connectivity index (χ1) is 11.9. The molecule has 0 saturated carbocycles. The molecule has 0 spiro atoms. The summed E-state index contributed by atoms with van der Waals surface area (Å²) in [5, 5.41) is 1.33. The zero-order valence-electron chi connectivity index (χ0n) is 13.2. The van der Waals surface area contributed by atoms with E-state index in [4.69, 9.17) is 4.74 Å². The highest BCUT2D eigenvalue weighted by Crippen LogP contribution is 2.29. The number of fused-ring (bicyclic) bond motifs is 1. The van der Waals surface area contributed by atoms with E-state index in [-0.39, 0.29) is 16.1 Å². The quantitative estimate of drug-likeness (QED) is 0.723. The molecule has 0 unspecified atom stereocenters. The summed E-state index contributed by atoms with van der Waals surface area (Å²) >= 11 is 0. The molecule has 0 fully saturated rings. The fourth-order valence-corrected chi connectivity index (χ4v) is 3.57. The Kier molecular flexibility index (Phi) is 4.41. The average molecular weight is 359 g/mol. The normalized spacial score (nSPS) is 11.3. The minimum atomic E-state index is -3.99. The Morgan fingerprint density at radius 3 is 2.36 bits per heavy atom. The molecule has 0 saturated heterocycles. The van der Waals surface area contributed by atoms with Gasteiger partial charge in [0.1, 0.15) is 5.82 Å². The zero-order chi connectivity index (χ0) is 18.0. The summed E-state index contributed by atoms with van der Waals surface area (Å²) in [4.78, 5) is 12.1. The first-order valence-corrected chi connectivity index (χ1v) is 8.79. The number of esters is 1. The fourth-order valence-electron chi connectivity index (χ4n) is 2.50. The van der Waals surface area contributed by atoms with Gasteiger partial charge in [0.25, 0.3) is 10.0 Å². The molecule has 3 rings (SSSR count). The molecule has 0 heterocycles. The van der Waals surface area contributed by atoms with Gasteiger partial charge in [0.15, 0.2) is 0 Å². The zero-order valence-corrected chi connectivity index (χ0v) is 14.0. The molecule has 3 aromatic carbocycles. The molecule has 0 atom stereocenters. The third-order valence-corrected chi connectivity index (χ3v) is 5.07. The van der Waals surface area contributed by atoms with Gasteiger partial charge in [0.2, 0.25) is 0 Å². The molecule has 0 aliphatic rings. The molecule has 0 aliphatic heterocycles. The summed E-state index contributed by atoms with van der Waals surface area (Å²) in [6.45, 7) is 0. The largest absolute Gasteiger partial charge is 0.465 e. The summed E-state index contributed by atoms with van der Waals surface area (Å²) in [5.74, 6) is -1.20. The number of nitrogens with one attached hydrogen (secondary N) is 1. The summed E-state index contributed by atoms with van der Waals surface area (Å²) < 4.78 is 45.2. The number of benzene rings is 3. The van der Waals surface area contributed by atoms with Crippen LogP contribution in [0.5, 0.6) is 0 Å². The maximum atomic E-state index is 13.0. The second-order valence-corrected chi connectivity index (χ2v) is 6.94. The van der Waals surface area contributed by atoms with E-state index in [9.17, 15) is 17.6 Å². The van der Waals surface area contributed by atoms with Gasteiger partial charge < -0.3 is 4.74 Å². The van der Waals surface area contributed by atoms with Crippen molar-refractivity contribution in [2.75, 3.05) is 11.8 Å². The summed E-state index contributed by atoms with van der Waals surface area (Å²) in [6, 6.07) is 14.7. The van der Waals surface area contributed by atoms with Crippen LogP contribution < -0.4 is 4.72 Å². The Morgan fingerprint density at radius 1 is 1.00 bits per heavy atom. The van der Waals surface area contributed by atoms with Gasteiger partial charge in [-0.05, 0) is 41.1 Å². The number of methoxy groups -OCH3 is 1. The van der Waals surface area contributed by atoms with Gasteiger partial charge in [-0.2, -0.15) is 0 Å². The number of carbonyl (C=O) groups excluding carboxylic acids is 1. The first-order valence-electron chi connectivity index (χ1n) is 7.31. The van der Waals surface area contributed by atoms with Crippen LogP contribution in [0.25, 0.3) is 10.8 Å². The standard InChI is InChI=1S/C18H14FNO4S/c1-24-18(21)17-15-5-3-2-4-12(15)6-11-16(17)20-25(22,23)14-9-7-13(19)8-10-14/h2-11,20H,1H3. The maximum Gasteiger partial charge on any atom is 0.340 e. The van der Waals surface area contributed by atoms with E-state index in [1.165, 1.54) is 13.2 Å². The smallest absolute Gasteiger partial charge is 0.340 e. The Balaban J connectivity index is 2.12. The van der Waals surface area contributed by atoms with Gasteiger partial charge in [-0.1, -0.05) is 30.3 Å². The minimum absolute atomic E-state index is 0.0925. The molecule has 0 aromatic heterocycles. The fraction of sp³-hybridized carbons (Fsp3) is 0.0556. The Hall–Kier alpha value is -2.93. The van der Waals surface area contributed by atoms with Crippen LogP contribution in [0.1, 0.15) is 10.4 Å². The molecule has 5 nitrogen and oxygen atoms in total. The second-order valence-electron chi connectivity index (χ2n) is 5.26.